The van der Waals surface area contributed by atoms with Gasteiger partial charge in [-0.2, -0.15) is 24.4 Å². The van der Waals surface area contributed by atoms with Crippen LogP contribution < -0.4 is 27.4 Å². The van der Waals surface area contributed by atoms with Crippen molar-refractivity contribution in [1.82, 2.24) is 16.0 Å². The van der Waals surface area contributed by atoms with E-state index in [4.69, 9.17) is 11.5 Å². The molecule has 1 aromatic carbocycles. The second-order valence-corrected chi connectivity index (χ2v) is 9.42. The number of benzene rings is 1. The van der Waals surface area contributed by atoms with Crippen LogP contribution in [0.2, 0.25) is 0 Å². The summed E-state index contributed by atoms with van der Waals surface area (Å²) >= 11 is 5.50. The Morgan fingerprint density at radius 3 is 2.06 bits per heavy atom. The van der Waals surface area contributed by atoms with E-state index in [0.717, 1.165) is 5.56 Å². The van der Waals surface area contributed by atoms with E-state index in [2.05, 4.69) is 28.6 Å². The third-order valence-electron chi connectivity index (χ3n) is 5.25. The molecule has 35 heavy (non-hydrogen) atoms. The minimum absolute atomic E-state index is 0.102. The van der Waals surface area contributed by atoms with Gasteiger partial charge in [-0.25, -0.2) is 4.79 Å². The van der Waals surface area contributed by atoms with E-state index < -0.39 is 47.9 Å². The Morgan fingerprint density at radius 2 is 1.51 bits per heavy atom. The van der Waals surface area contributed by atoms with Gasteiger partial charge in [0.05, 0.1) is 6.04 Å². The van der Waals surface area contributed by atoms with Crippen LogP contribution in [0.4, 0.5) is 0 Å². The van der Waals surface area contributed by atoms with Crippen molar-refractivity contribution in [3.05, 3.63) is 35.9 Å². The van der Waals surface area contributed by atoms with Gasteiger partial charge in [-0.05, 0) is 49.8 Å². The van der Waals surface area contributed by atoms with Gasteiger partial charge < -0.3 is 32.5 Å². The van der Waals surface area contributed by atoms with Crippen LogP contribution in [-0.4, -0.2) is 77.3 Å². The fourth-order valence-corrected chi connectivity index (χ4v) is 3.86. The largest absolute Gasteiger partial charge is 0.480 e. The van der Waals surface area contributed by atoms with Crippen LogP contribution in [-0.2, 0) is 25.6 Å². The molecule has 0 radical (unpaired) electrons. The predicted octanol–water partition coefficient (Wildman–Crippen LogP) is -0.0927. The van der Waals surface area contributed by atoms with Crippen LogP contribution in [0.15, 0.2) is 30.3 Å². The van der Waals surface area contributed by atoms with Gasteiger partial charge in [0.25, 0.3) is 0 Å². The van der Waals surface area contributed by atoms with E-state index in [0.29, 0.717) is 31.6 Å². The molecule has 4 unspecified atom stereocenters. The van der Waals surface area contributed by atoms with Crippen LogP contribution in [0, 0.1) is 0 Å². The van der Waals surface area contributed by atoms with E-state index in [1.165, 1.54) is 11.8 Å². The molecule has 0 aromatic heterocycles. The van der Waals surface area contributed by atoms with Crippen LogP contribution >= 0.6 is 24.4 Å². The molecule has 0 bridgehead atoms. The number of unbranched alkanes of at least 4 members (excludes halogenated alkanes) is 1. The second-order valence-electron chi connectivity index (χ2n) is 8.07. The SMILES string of the molecule is CSCCC(NC(=O)C(CCCCN)NC(=O)C(N)CS)C(=O)NC(Cc1ccccc1)C(=O)O. The Morgan fingerprint density at radius 1 is 0.943 bits per heavy atom. The summed E-state index contributed by atoms with van der Waals surface area (Å²) in [6.45, 7) is 0.440. The molecular formula is C23H37N5O5S2. The van der Waals surface area contributed by atoms with Crippen molar-refractivity contribution in [3.63, 3.8) is 0 Å². The van der Waals surface area contributed by atoms with Crippen molar-refractivity contribution < 1.29 is 24.3 Å². The molecule has 3 amide bonds. The van der Waals surface area contributed by atoms with Crippen molar-refractivity contribution in [2.24, 2.45) is 11.5 Å². The third-order valence-corrected chi connectivity index (χ3v) is 6.29. The van der Waals surface area contributed by atoms with Gasteiger partial charge in [-0.3, -0.25) is 14.4 Å². The van der Waals surface area contributed by atoms with Crippen molar-refractivity contribution in [2.45, 2.75) is 56.3 Å². The highest BCUT2D eigenvalue weighted by atomic mass is 32.2. The lowest BCUT2D eigenvalue weighted by Crippen LogP contribution is -2.57. The molecule has 0 saturated heterocycles. The lowest BCUT2D eigenvalue weighted by atomic mass is 10.0. The number of hydrogen-bond donors (Lipinski definition) is 7. The smallest absolute Gasteiger partial charge is 0.326 e. The number of aliphatic carboxylic acids is 1. The summed E-state index contributed by atoms with van der Waals surface area (Å²) in [5.74, 6) is -2.17. The maximum absolute atomic E-state index is 13.1. The number of carboxylic acid groups (broad SMARTS) is 1. The van der Waals surface area contributed by atoms with E-state index in [1.807, 2.05) is 12.3 Å². The van der Waals surface area contributed by atoms with Gasteiger partial charge in [-0.15, -0.1) is 0 Å². The summed E-state index contributed by atoms with van der Waals surface area (Å²) in [5.41, 5.74) is 12.0. The first-order chi connectivity index (χ1) is 16.7. The topological polar surface area (TPSA) is 177 Å². The molecule has 0 aliphatic rings. The first-order valence-corrected chi connectivity index (χ1v) is 13.5. The van der Waals surface area contributed by atoms with Gasteiger partial charge in [-0.1, -0.05) is 30.3 Å². The van der Waals surface area contributed by atoms with Gasteiger partial charge in [0.2, 0.25) is 17.7 Å². The zero-order valence-corrected chi connectivity index (χ0v) is 21.7. The molecule has 4 atom stereocenters. The summed E-state index contributed by atoms with van der Waals surface area (Å²) in [6.07, 6.45) is 3.82. The Kier molecular flexibility index (Phi) is 15.1. The predicted molar refractivity (Wildman–Crippen MR) is 141 cm³/mol. The number of carbonyl (C=O) groups excluding carboxylic acids is 3. The Labute approximate surface area is 216 Å². The number of rotatable bonds is 17. The van der Waals surface area contributed by atoms with E-state index in [-0.39, 0.29) is 18.6 Å². The fourth-order valence-electron chi connectivity index (χ4n) is 3.22. The fraction of sp³-hybridized carbons (Fsp3) is 0.565. The molecule has 12 heteroatoms. The Hall–Kier alpha value is -2.28. The lowest BCUT2D eigenvalue weighted by Gasteiger charge is -2.25. The van der Waals surface area contributed by atoms with Gasteiger partial charge in [0.1, 0.15) is 18.1 Å². The molecular weight excluding hydrogens is 490 g/mol. The third kappa shape index (κ3) is 11.8. The summed E-state index contributed by atoms with van der Waals surface area (Å²) in [5, 5.41) is 17.5. The van der Waals surface area contributed by atoms with Crippen molar-refractivity contribution >= 4 is 48.1 Å². The average Bonchev–Trinajstić information content (AvgIpc) is 2.85. The maximum Gasteiger partial charge on any atom is 0.326 e. The lowest BCUT2D eigenvalue weighted by molar-refractivity contribution is -0.142. The maximum atomic E-state index is 13.1. The molecule has 1 aromatic rings. The van der Waals surface area contributed by atoms with E-state index >= 15 is 0 Å². The minimum atomic E-state index is -1.18. The molecule has 0 heterocycles. The van der Waals surface area contributed by atoms with Crippen molar-refractivity contribution in [2.75, 3.05) is 24.3 Å². The molecule has 1 rings (SSSR count). The first kappa shape index (κ1) is 30.8. The number of carboxylic acids is 1. The molecule has 8 N–H and O–H groups in total. The number of thioether (sulfide) groups is 1. The number of hydrogen-bond acceptors (Lipinski definition) is 8. The monoisotopic (exact) mass is 527 g/mol. The molecule has 0 fully saturated rings. The normalized spacial score (nSPS) is 14.3. The quantitative estimate of drug-likeness (QED) is 0.109. The van der Waals surface area contributed by atoms with Gasteiger partial charge >= 0.3 is 5.97 Å². The summed E-state index contributed by atoms with van der Waals surface area (Å²) in [7, 11) is 0. The van der Waals surface area contributed by atoms with Crippen LogP contribution in [0.1, 0.15) is 31.2 Å². The number of nitrogens with two attached hydrogens (primary N) is 2. The first-order valence-electron chi connectivity index (χ1n) is 11.5. The summed E-state index contributed by atoms with van der Waals surface area (Å²) < 4.78 is 0. The van der Waals surface area contributed by atoms with E-state index in [9.17, 15) is 24.3 Å². The number of nitrogens with one attached hydrogen (secondary N) is 3. The zero-order valence-electron chi connectivity index (χ0n) is 19.9. The number of carbonyl (C=O) groups is 4. The van der Waals surface area contributed by atoms with Crippen LogP contribution in [0.25, 0.3) is 0 Å². The van der Waals surface area contributed by atoms with Crippen molar-refractivity contribution in [3.8, 4) is 0 Å². The highest BCUT2D eigenvalue weighted by Gasteiger charge is 2.30. The molecule has 0 aliphatic heterocycles. The minimum Gasteiger partial charge on any atom is -0.480 e. The molecule has 0 spiro atoms. The molecule has 0 aliphatic carbocycles. The molecule has 0 saturated carbocycles. The Bertz CT molecular complexity index is 815. The Balaban J connectivity index is 2.95. The van der Waals surface area contributed by atoms with Crippen LogP contribution in [0.5, 0.6) is 0 Å². The van der Waals surface area contributed by atoms with E-state index in [1.54, 1.807) is 24.3 Å². The zero-order chi connectivity index (χ0) is 26.2. The standard InChI is InChI=1S/C23H37N5O5S2/c1-35-12-10-18(22(31)28-19(23(32)33)13-15-7-3-2-4-8-15)27-21(30)17(9-5-6-11-24)26-20(29)16(25)14-34/h2-4,7-8,16-19,34H,5-6,9-14,24-25H2,1H3,(H,26,29)(H,27,30)(H,28,31)(H,32,33). The summed E-state index contributed by atoms with van der Waals surface area (Å²) in [6, 6.07) is 5.02. The molecule has 10 nitrogen and oxygen atoms in total. The number of thiol groups is 1. The highest BCUT2D eigenvalue weighted by molar-refractivity contribution is 7.98. The van der Waals surface area contributed by atoms with Crippen molar-refractivity contribution in [1.29, 1.82) is 0 Å². The van der Waals surface area contributed by atoms with Crippen LogP contribution in [0.3, 0.4) is 0 Å². The second kappa shape index (κ2) is 17.2. The van der Waals surface area contributed by atoms with Gasteiger partial charge in [0, 0.05) is 12.2 Å². The average molecular weight is 528 g/mol. The molecule has 196 valence electrons. The summed E-state index contributed by atoms with van der Waals surface area (Å²) in [4.78, 5) is 50.1. The van der Waals surface area contributed by atoms with Gasteiger partial charge in [0.15, 0.2) is 0 Å². The number of amides is 3. The highest BCUT2D eigenvalue weighted by Crippen LogP contribution is 2.08.